The SMILES string of the molecule is CC[C@H]1CCCCN1CCCNC(=O)Cn1cnc2sc(C)c(S(=O)(=O)N3CCN(c4ncccn4)CC3)c2c1=O. The van der Waals surface area contributed by atoms with Gasteiger partial charge in [0.05, 0.1) is 11.7 Å². The molecule has 1 atom stereocenters. The van der Waals surface area contributed by atoms with E-state index in [2.05, 4.69) is 32.1 Å². The molecule has 0 unspecified atom stereocenters. The minimum absolute atomic E-state index is 0.0128. The second-order valence-electron chi connectivity index (χ2n) is 10.6. The number of hydrogen-bond donors (Lipinski definition) is 1. The lowest BCUT2D eigenvalue weighted by Crippen LogP contribution is -2.49. The molecule has 2 aliphatic rings. The molecule has 3 aromatic heterocycles. The third kappa shape index (κ3) is 6.45. The Labute approximate surface area is 244 Å². The van der Waals surface area contributed by atoms with Crippen LogP contribution in [-0.2, 0) is 21.4 Å². The summed E-state index contributed by atoms with van der Waals surface area (Å²) in [7, 11) is -3.97. The zero-order valence-electron chi connectivity index (χ0n) is 23.7. The van der Waals surface area contributed by atoms with Gasteiger partial charge < -0.3 is 15.1 Å². The largest absolute Gasteiger partial charge is 0.354 e. The smallest absolute Gasteiger partial charge is 0.263 e. The number of amides is 1. The van der Waals surface area contributed by atoms with Gasteiger partial charge in [0.15, 0.2) is 0 Å². The van der Waals surface area contributed by atoms with Gasteiger partial charge in [-0.25, -0.2) is 23.4 Å². The van der Waals surface area contributed by atoms with E-state index in [1.807, 2.05) is 4.90 Å². The monoisotopic (exact) mass is 602 g/mol. The van der Waals surface area contributed by atoms with Crippen LogP contribution in [0.5, 0.6) is 0 Å². The molecule has 1 amide bonds. The van der Waals surface area contributed by atoms with Crippen LogP contribution >= 0.6 is 11.3 Å². The Kier molecular flexibility index (Phi) is 9.32. The lowest BCUT2D eigenvalue weighted by molar-refractivity contribution is -0.121. The number of carbonyl (C=O) groups is 1. The Hall–Kier alpha value is -2.94. The van der Waals surface area contributed by atoms with Crippen LogP contribution in [0.1, 0.15) is 43.9 Å². The molecule has 0 aromatic carbocycles. The van der Waals surface area contributed by atoms with Crippen molar-refractivity contribution in [2.75, 3.05) is 50.7 Å². The lowest BCUT2D eigenvalue weighted by Gasteiger charge is -2.35. The summed E-state index contributed by atoms with van der Waals surface area (Å²) >= 11 is 1.18. The maximum atomic E-state index is 13.8. The molecule has 5 heterocycles. The van der Waals surface area contributed by atoms with Gasteiger partial charge in [-0.05, 0) is 45.2 Å². The molecule has 2 saturated heterocycles. The molecule has 1 N–H and O–H groups in total. The van der Waals surface area contributed by atoms with Crippen LogP contribution < -0.4 is 15.8 Å². The number of nitrogens with zero attached hydrogens (tertiary/aromatic N) is 7. The van der Waals surface area contributed by atoms with Gasteiger partial charge in [-0.1, -0.05) is 13.3 Å². The van der Waals surface area contributed by atoms with Crippen LogP contribution in [0, 0.1) is 6.92 Å². The predicted molar refractivity (Wildman–Crippen MR) is 159 cm³/mol. The molecule has 0 radical (unpaired) electrons. The fourth-order valence-electron chi connectivity index (χ4n) is 5.79. The summed E-state index contributed by atoms with van der Waals surface area (Å²) in [4.78, 5) is 44.4. The number of carbonyl (C=O) groups excluding carboxylic acids is 1. The Balaban J connectivity index is 1.25. The molecular formula is C27H38N8O4S2. The van der Waals surface area contributed by atoms with Crippen LogP contribution in [0.25, 0.3) is 10.2 Å². The standard InChI is InChI=1S/C27H38N8O4S2/c1-3-21-8-4-5-12-32(21)13-7-11-28-22(36)18-34-19-31-25-23(26(34)37)24(20(2)40-25)41(38,39)35-16-14-33(15-17-35)27-29-9-6-10-30-27/h6,9-10,19,21H,3-5,7-8,11-18H2,1-2H3,(H,28,36)/t21-/m0/s1. The first-order valence-electron chi connectivity index (χ1n) is 14.3. The average Bonchev–Trinajstić information content (AvgIpc) is 3.35. The Morgan fingerprint density at radius 1 is 1.10 bits per heavy atom. The van der Waals surface area contributed by atoms with Crippen molar-refractivity contribution in [1.29, 1.82) is 0 Å². The highest BCUT2D eigenvalue weighted by atomic mass is 32.2. The number of aryl methyl sites for hydroxylation is 1. The van der Waals surface area contributed by atoms with Crippen molar-refractivity contribution in [3.63, 3.8) is 0 Å². The maximum absolute atomic E-state index is 13.8. The Morgan fingerprint density at radius 3 is 2.59 bits per heavy atom. The predicted octanol–water partition coefficient (Wildman–Crippen LogP) is 1.84. The summed E-state index contributed by atoms with van der Waals surface area (Å²) in [6.07, 6.45) is 10.4. The van der Waals surface area contributed by atoms with E-state index < -0.39 is 15.6 Å². The minimum atomic E-state index is -3.97. The Bertz CT molecular complexity index is 1520. The van der Waals surface area contributed by atoms with Gasteiger partial charge in [-0.3, -0.25) is 14.2 Å². The van der Waals surface area contributed by atoms with Crippen molar-refractivity contribution in [3.8, 4) is 0 Å². The summed E-state index contributed by atoms with van der Waals surface area (Å²) in [6, 6.07) is 2.36. The first-order chi connectivity index (χ1) is 19.8. The van der Waals surface area contributed by atoms with Crippen LogP contribution in [0.4, 0.5) is 5.95 Å². The first-order valence-corrected chi connectivity index (χ1v) is 16.6. The second kappa shape index (κ2) is 12.9. The van der Waals surface area contributed by atoms with E-state index in [0.717, 1.165) is 25.9 Å². The van der Waals surface area contributed by atoms with Crippen molar-refractivity contribution in [1.82, 2.24) is 34.0 Å². The van der Waals surface area contributed by atoms with Crippen LogP contribution in [0.3, 0.4) is 0 Å². The molecule has 3 aromatic rings. The molecule has 14 heteroatoms. The van der Waals surface area contributed by atoms with E-state index in [4.69, 9.17) is 0 Å². The highest BCUT2D eigenvalue weighted by Gasteiger charge is 2.34. The number of anilines is 1. The van der Waals surface area contributed by atoms with Gasteiger partial charge >= 0.3 is 0 Å². The normalized spacial score (nSPS) is 19.1. The van der Waals surface area contributed by atoms with Crippen molar-refractivity contribution >= 4 is 43.4 Å². The summed E-state index contributed by atoms with van der Waals surface area (Å²) in [5.74, 6) is 0.262. The summed E-state index contributed by atoms with van der Waals surface area (Å²) in [5.41, 5.74) is -0.525. The maximum Gasteiger partial charge on any atom is 0.263 e. The Morgan fingerprint density at radius 2 is 1.85 bits per heavy atom. The zero-order chi connectivity index (χ0) is 29.0. The van der Waals surface area contributed by atoms with Crippen LogP contribution in [0.2, 0.25) is 0 Å². The topological polar surface area (TPSA) is 134 Å². The highest BCUT2D eigenvalue weighted by Crippen LogP contribution is 2.33. The number of hydrogen-bond acceptors (Lipinski definition) is 10. The number of piperidine rings is 1. The fraction of sp³-hybridized carbons (Fsp3) is 0.593. The minimum Gasteiger partial charge on any atom is -0.354 e. The van der Waals surface area contributed by atoms with Gasteiger partial charge in [0, 0.05) is 62.6 Å². The number of likely N-dealkylation sites (tertiary alicyclic amines) is 1. The fourth-order valence-corrected chi connectivity index (χ4v) is 8.87. The van der Waals surface area contributed by atoms with E-state index >= 15 is 0 Å². The average molecular weight is 603 g/mol. The number of sulfonamides is 1. The molecule has 12 nitrogen and oxygen atoms in total. The number of rotatable bonds is 10. The van der Waals surface area contributed by atoms with Crippen molar-refractivity contribution in [2.24, 2.45) is 0 Å². The molecule has 0 aliphatic carbocycles. The molecule has 222 valence electrons. The van der Waals surface area contributed by atoms with Crippen molar-refractivity contribution < 1.29 is 13.2 Å². The summed E-state index contributed by atoms with van der Waals surface area (Å²) in [5, 5.41) is 2.95. The number of thiophene rings is 1. The van der Waals surface area contributed by atoms with Gasteiger partial charge in [0.25, 0.3) is 5.56 Å². The van der Waals surface area contributed by atoms with E-state index in [1.165, 1.54) is 45.8 Å². The quantitative estimate of drug-likeness (QED) is 0.345. The third-order valence-electron chi connectivity index (χ3n) is 7.95. The first kappa shape index (κ1) is 29.5. The van der Waals surface area contributed by atoms with Crippen molar-refractivity contribution in [2.45, 2.75) is 63.4 Å². The molecule has 2 fully saturated rings. The van der Waals surface area contributed by atoms with Gasteiger partial charge in [0.2, 0.25) is 21.9 Å². The number of piperazine rings is 1. The molecule has 5 rings (SSSR count). The van der Waals surface area contributed by atoms with Gasteiger partial charge in [0.1, 0.15) is 16.3 Å². The van der Waals surface area contributed by atoms with Gasteiger partial charge in [-0.2, -0.15) is 4.31 Å². The molecule has 0 spiro atoms. The van der Waals surface area contributed by atoms with E-state index in [9.17, 15) is 18.0 Å². The molecular weight excluding hydrogens is 564 g/mol. The summed E-state index contributed by atoms with van der Waals surface area (Å²) in [6.45, 7) is 7.61. The number of nitrogens with one attached hydrogen (secondary N) is 1. The number of aromatic nitrogens is 4. The molecule has 0 bridgehead atoms. The second-order valence-corrected chi connectivity index (χ2v) is 13.7. The third-order valence-corrected chi connectivity index (χ3v) is 11.2. The van der Waals surface area contributed by atoms with Crippen LogP contribution in [-0.4, -0.2) is 94.9 Å². The molecule has 2 aliphatic heterocycles. The highest BCUT2D eigenvalue weighted by molar-refractivity contribution is 7.89. The van der Waals surface area contributed by atoms with Gasteiger partial charge in [-0.15, -0.1) is 11.3 Å². The molecule has 0 saturated carbocycles. The van der Waals surface area contributed by atoms with E-state index in [0.29, 0.717) is 41.3 Å². The molecule has 41 heavy (non-hydrogen) atoms. The van der Waals surface area contributed by atoms with E-state index in [1.54, 1.807) is 25.4 Å². The van der Waals surface area contributed by atoms with Crippen molar-refractivity contribution in [3.05, 3.63) is 40.0 Å². The number of fused-ring (bicyclic) bond motifs is 1. The lowest BCUT2D eigenvalue weighted by atomic mass is 10.00. The summed E-state index contributed by atoms with van der Waals surface area (Å²) < 4.78 is 30.2. The van der Waals surface area contributed by atoms with Crippen LogP contribution in [0.15, 0.2) is 34.5 Å². The zero-order valence-corrected chi connectivity index (χ0v) is 25.3. The van der Waals surface area contributed by atoms with E-state index in [-0.39, 0.29) is 35.8 Å².